The molecule has 0 aliphatic carbocycles. The fourth-order valence-electron chi connectivity index (χ4n) is 3.25. The number of amides is 2. The van der Waals surface area contributed by atoms with E-state index in [0.29, 0.717) is 5.69 Å². The van der Waals surface area contributed by atoms with Crippen molar-refractivity contribution >= 4 is 23.2 Å². The number of benzene rings is 2. The van der Waals surface area contributed by atoms with Gasteiger partial charge in [-0.15, -0.1) is 0 Å². The van der Waals surface area contributed by atoms with Gasteiger partial charge in [0.25, 0.3) is 0 Å². The lowest BCUT2D eigenvalue weighted by molar-refractivity contribution is -0.117. The Bertz CT molecular complexity index is 820. The van der Waals surface area contributed by atoms with Gasteiger partial charge in [-0.1, -0.05) is 52.0 Å². The zero-order chi connectivity index (χ0) is 20.8. The van der Waals surface area contributed by atoms with Crippen molar-refractivity contribution in [2.24, 2.45) is 0 Å². The Kier molecular flexibility index (Phi) is 7.32. The molecule has 1 N–H and O–H groups in total. The fraction of sp³-hybridized carbons (Fsp3) is 0.391. The van der Waals surface area contributed by atoms with Crippen molar-refractivity contribution in [1.29, 1.82) is 0 Å². The molecule has 0 fully saturated rings. The lowest BCUT2D eigenvalue weighted by Crippen LogP contribution is -2.34. The lowest BCUT2D eigenvalue weighted by Gasteiger charge is -2.29. The van der Waals surface area contributed by atoms with Crippen LogP contribution in [-0.2, 0) is 9.59 Å². The molecule has 0 aliphatic heterocycles. The van der Waals surface area contributed by atoms with Crippen LogP contribution in [0, 0.1) is 5.82 Å². The highest BCUT2D eigenvalue weighted by Gasteiger charge is 2.22. The highest BCUT2D eigenvalue weighted by Crippen LogP contribution is 2.35. The second kappa shape index (κ2) is 9.49. The number of hydrogen-bond acceptors (Lipinski definition) is 2. The highest BCUT2D eigenvalue weighted by atomic mass is 19.1. The largest absolute Gasteiger partial charge is 0.326 e. The summed E-state index contributed by atoms with van der Waals surface area (Å²) >= 11 is 0. The van der Waals surface area contributed by atoms with Crippen LogP contribution in [0.2, 0.25) is 0 Å². The fourth-order valence-corrected chi connectivity index (χ4v) is 3.25. The van der Waals surface area contributed by atoms with E-state index in [1.165, 1.54) is 19.1 Å². The summed E-state index contributed by atoms with van der Waals surface area (Å²) in [6.45, 7) is 10.2. The zero-order valence-corrected chi connectivity index (χ0v) is 17.3. The summed E-state index contributed by atoms with van der Waals surface area (Å²) in [5, 5.41) is 2.69. The predicted octanol–water partition coefficient (Wildman–Crippen LogP) is 5.45. The van der Waals surface area contributed by atoms with Crippen molar-refractivity contribution in [1.82, 2.24) is 0 Å². The normalized spacial score (nSPS) is 11.0. The van der Waals surface area contributed by atoms with Gasteiger partial charge in [-0.2, -0.15) is 0 Å². The maximum Gasteiger partial charge on any atom is 0.226 e. The van der Waals surface area contributed by atoms with Crippen LogP contribution in [0.1, 0.15) is 64.0 Å². The van der Waals surface area contributed by atoms with Crippen molar-refractivity contribution < 1.29 is 14.0 Å². The first-order valence-corrected chi connectivity index (χ1v) is 9.67. The number of nitrogens with zero attached hydrogens (tertiary/aromatic N) is 1. The van der Waals surface area contributed by atoms with Crippen molar-refractivity contribution in [3.05, 3.63) is 59.4 Å². The van der Waals surface area contributed by atoms with Crippen LogP contribution in [0.3, 0.4) is 0 Å². The van der Waals surface area contributed by atoms with Gasteiger partial charge in [-0.25, -0.2) is 4.39 Å². The van der Waals surface area contributed by atoms with Gasteiger partial charge in [-0.3, -0.25) is 9.59 Å². The number of nitrogens with one attached hydrogen (secondary N) is 1. The number of hydrogen-bond donors (Lipinski definition) is 1. The summed E-state index contributed by atoms with van der Waals surface area (Å²) in [6, 6.07) is 11.9. The molecule has 0 aromatic heterocycles. The molecule has 0 atom stereocenters. The molecule has 0 bridgehead atoms. The van der Waals surface area contributed by atoms with E-state index in [-0.39, 0.29) is 36.6 Å². The van der Waals surface area contributed by atoms with Crippen LogP contribution in [0.15, 0.2) is 42.5 Å². The van der Waals surface area contributed by atoms with E-state index < -0.39 is 5.82 Å². The molecule has 0 heterocycles. The summed E-state index contributed by atoms with van der Waals surface area (Å²) in [7, 11) is 0. The molecular weight excluding hydrogens is 355 g/mol. The van der Waals surface area contributed by atoms with Crippen molar-refractivity contribution in [3.8, 4) is 0 Å². The zero-order valence-electron chi connectivity index (χ0n) is 17.3. The molecule has 0 saturated carbocycles. The summed E-state index contributed by atoms with van der Waals surface area (Å²) in [4.78, 5) is 26.5. The monoisotopic (exact) mass is 384 g/mol. The highest BCUT2D eigenvalue weighted by molar-refractivity contribution is 5.96. The third-order valence-electron chi connectivity index (χ3n) is 4.66. The van der Waals surface area contributed by atoms with Gasteiger partial charge in [0.2, 0.25) is 11.8 Å². The molecule has 2 rings (SSSR count). The van der Waals surface area contributed by atoms with Crippen LogP contribution >= 0.6 is 0 Å². The Hall–Kier alpha value is -2.69. The number of carbonyl (C=O) groups excluding carboxylic acids is 2. The standard InChI is InChI=1S/C23H29FN2O2/c1-15(2)20-10-7-11-21(16(3)4)23(20)26(17(5)27)13-12-22(28)25-19-9-6-8-18(24)14-19/h6-11,14-16H,12-13H2,1-5H3,(H,25,28). The SMILES string of the molecule is CC(=O)N(CCC(=O)Nc1cccc(F)c1)c1c(C(C)C)cccc1C(C)C. The summed E-state index contributed by atoms with van der Waals surface area (Å²) in [5.41, 5.74) is 3.49. The van der Waals surface area contributed by atoms with E-state index >= 15 is 0 Å². The molecule has 150 valence electrons. The minimum atomic E-state index is -0.407. The maximum absolute atomic E-state index is 13.3. The molecule has 0 saturated heterocycles. The maximum atomic E-state index is 13.3. The second-order valence-electron chi connectivity index (χ2n) is 7.57. The smallest absolute Gasteiger partial charge is 0.226 e. The average Bonchev–Trinajstić information content (AvgIpc) is 2.61. The van der Waals surface area contributed by atoms with E-state index in [0.717, 1.165) is 16.8 Å². The molecule has 0 radical (unpaired) electrons. The van der Waals surface area contributed by atoms with E-state index in [1.807, 2.05) is 18.2 Å². The number of halogens is 1. The topological polar surface area (TPSA) is 49.4 Å². The van der Waals surface area contributed by atoms with Crippen molar-refractivity contribution in [2.45, 2.75) is 52.9 Å². The molecule has 0 aliphatic rings. The summed E-state index contributed by atoms with van der Waals surface area (Å²) < 4.78 is 13.3. The minimum absolute atomic E-state index is 0.103. The molecule has 28 heavy (non-hydrogen) atoms. The molecule has 0 spiro atoms. The Balaban J connectivity index is 2.24. The lowest BCUT2D eigenvalue weighted by atomic mass is 9.91. The van der Waals surface area contributed by atoms with E-state index in [1.54, 1.807) is 17.0 Å². The molecule has 4 nitrogen and oxygen atoms in total. The second-order valence-corrected chi connectivity index (χ2v) is 7.57. The number of anilines is 2. The van der Waals surface area contributed by atoms with Gasteiger partial charge >= 0.3 is 0 Å². The van der Waals surface area contributed by atoms with Gasteiger partial charge in [0, 0.05) is 25.6 Å². The van der Waals surface area contributed by atoms with Crippen LogP contribution < -0.4 is 10.2 Å². The van der Waals surface area contributed by atoms with E-state index in [4.69, 9.17) is 0 Å². The van der Waals surface area contributed by atoms with Gasteiger partial charge in [-0.05, 0) is 41.2 Å². The van der Waals surface area contributed by atoms with Crippen molar-refractivity contribution in [2.75, 3.05) is 16.8 Å². The Morgan fingerprint density at radius 2 is 1.57 bits per heavy atom. The molecular formula is C23H29FN2O2. The Labute approximate surface area is 166 Å². The molecule has 2 amide bonds. The van der Waals surface area contributed by atoms with Crippen LogP contribution in [-0.4, -0.2) is 18.4 Å². The Morgan fingerprint density at radius 3 is 2.07 bits per heavy atom. The van der Waals surface area contributed by atoms with Crippen LogP contribution in [0.25, 0.3) is 0 Å². The number of rotatable bonds is 7. The van der Waals surface area contributed by atoms with E-state index in [2.05, 4.69) is 33.0 Å². The third kappa shape index (κ3) is 5.41. The first-order chi connectivity index (χ1) is 13.2. The molecule has 5 heteroatoms. The molecule has 2 aromatic rings. The van der Waals surface area contributed by atoms with Crippen LogP contribution in [0.4, 0.5) is 15.8 Å². The summed E-state index contributed by atoms with van der Waals surface area (Å²) in [5.74, 6) is -0.275. The first kappa shape index (κ1) is 21.6. The number of para-hydroxylation sites is 1. The van der Waals surface area contributed by atoms with Gasteiger partial charge in [0.05, 0.1) is 5.69 Å². The van der Waals surface area contributed by atoms with Crippen molar-refractivity contribution in [3.63, 3.8) is 0 Å². The van der Waals surface area contributed by atoms with Gasteiger partial charge < -0.3 is 10.2 Å². The number of carbonyl (C=O) groups is 2. The van der Waals surface area contributed by atoms with Gasteiger partial charge in [0.1, 0.15) is 5.82 Å². The summed E-state index contributed by atoms with van der Waals surface area (Å²) in [6.07, 6.45) is 0.125. The predicted molar refractivity (Wildman–Crippen MR) is 112 cm³/mol. The quantitative estimate of drug-likeness (QED) is 0.690. The van der Waals surface area contributed by atoms with E-state index in [9.17, 15) is 14.0 Å². The third-order valence-corrected chi connectivity index (χ3v) is 4.66. The Morgan fingerprint density at radius 1 is 1.00 bits per heavy atom. The first-order valence-electron chi connectivity index (χ1n) is 9.67. The average molecular weight is 384 g/mol. The molecule has 0 unspecified atom stereocenters. The minimum Gasteiger partial charge on any atom is -0.326 e. The van der Waals surface area contributed by atoms with Crippen LogP contribution in [0.5, 0.6) is 0 Å². The molecule has 2 aromatic carbocycles. The van der Waals surface area contributed by atoms with Gasteiger partial charge in [0.15, 0.2) is 0 Å².